The Morgan fingerprint density at radius 3 is 2.33 bits per heavy atom. The maximum Gasteiger partial charge on any atom is 0.175 e. The highest BCUT2D eigenvalue weighted by Gasteiger charge is 2.05. The van der Waals surface area contributed by atoms with Crippen LogP contribution in [0.5, 0.6) is 5.75 Å². The van der Waals surface area contributed by atoms with Crippen LogP contribution < -0.4 is 4.74 Å². The average molecular weight is 230 g/mol. The fourth-order valence-electron chi connectivity index (χ4n) is 1.04. The minimum absolute atomic E-state index is 0.0847. The number of sulfone groups is 1. The first kappa shape index (κ1) is 12.0. The van der Waals surface area contributed by atoms with Gasteiger partial charge in [0, 0.05) is 19.3 Å². The molecule has 0 radical (unpaired) electrons. The van der Waals surface area contributed by atoms with Crippen molar-refractivity contribution in [3.8, 4) is 5.75 Å². The fourth-order valence-corrected chi connectivity index (χ4v) is 1.67. The van der Waals surface area contributed by atoms with E-state index in [1.54, 1.807) is 12.1 Å². The van der Waals surface area contributed by atoms with Crippen molar-refractivity contribution in [2.75, 3.05) is 19.5 Å². The highest BCUT2D eigenvalue weighted by Crippen LogP contribution is 2.15. The zero-order valence-corrected chi connectivity index (χ0v) is 9.33. The van der Waals surface area contributed by atoms with E-state index in [2.05, 4.69) is 0 Å². The highest BCUT2D eigenvalue weighted by molar-refractivity contribution is 7.90. The number of aliphatic hydroxyl groups is 1. The molecule has 0 aliphatic carbocycles. The molecule has 0 fully saturated rings. The predicted octanol–water partition coefficient (Wildman–Crippen LogP) is 0.851. The van der Waals surface area contributed by atoms with Crippen molar-refractivity contribution in [1.82, 2.24) is 0 Å². The Hall–Kier alpha value is -1.07. The molecular weight excluding hydrogens is 216 g/mol. The average Bonchev–Trinajstić information content (AvgIpc) is 2.18. The van der Waals surface area contributed by atoms with Crippen molar-refractivity contribution in [2.24, 2.45) is 0 Å². The first-order valence-electron chi connectivity index (χ1n) is 4.58. The van der Waals surface area contributed by atoms with Crippen LogP contribution in [0.3, 0.4) is 0 Å². The van der Waals surface area contributed by atoms with Crippen molar-refractivity contribution < 1.29 is 18.3 Å². The summed E-state index contributed by atoms with van der Waals surface area (Å²) < 4.78 is 27.5. The van der Waals surface area contributed by atoms with E-state index in [4.69, 9.17) is 9.84 Å². The Bertz CT molecular complexity index is 394. The van der Waals surface area contributed by atoms with Crippen LogP contribution in [0.1, 0.15) is 6.42 Å². The standard InChI is InChI=1S/C10H14O4S/c1-15(12,13)10-5-3-9(4-6-10)14-8-2-7-11/h3-6,11H,2,7-8H2,1H3. The molecule has 5 heteroatoms. The molecule has 1 N–H and O–H groups in total. The van der Waals surface area contributed by atoms with Crippen molar-refractivity contribution in [2.45, 2.75) is 11.3 Å². The van der Waals surface area contributed by atoms with E-state index in [-0.39, 0.29) is 11.5 Å². The van der Waals surface area contributed by atoms with Crippen molar-refractivity contribution in [3.05, 3.63) is 24.3 Å². The van der Waals surface area contributed by atoms with E-state index in [0.717, 1.165) is 6.26 Å². The molecule has 15 heavy (non-hydrogen) atoms. The summed E-state index contributed by atoms with van der Waals surface area (Å²) >= 11 is 0. The number of benzene rings is 1. The van der Waals surface area contributed by atoms with Crippen LogP contribution in [0.25, 0.3) is 0 Å². The third kappa shape index (κ3) is 3.89. The molecule has 0 aliphatic heterocycles. The zero-order valence-electron chi connectivity index (χ0n) is 8.51. The van der Waals surface area contributed by atoms with Gasteiger partial charge in [0.1, 0.15) is 5.75 Å². The molecule has 4 nitrogen and oxygen atoms in total. The van der Waals surface area contributed by atoms with E-state index < -0.39 is 9.84 Å². The molecule has 0 saturated carbocycles. The Labute approximate surface area is 89.4 Å². The molecule has 0 aliphatic rings. The molecule has 1 aromatic rings. The van der Waals surface area contributed by atoms with Crippen molar-refractivity contribution in [3.63, 3.8) is 0 Å². The summed E-state index contributed by atoms with van der Waals surface area (Å²) in [5.41, 5.74) is 0. The quantitative estimate of drug-likeness (QED) is 0.762. The van der Waals surface area contributed by atoms with E-state index in [1.165, 1.54) is 12.1 Å². The van der Waals surface area contributed by atoms with E-state index in [9.17, 15) is 8.42 Å². The topological polar surface area (TPSA) is 63.6 Å². The molecule has 0 unspecified atom stereocenters. The van der Waals surface area contributed by atoms with Crippen LogP contribution in [-0.4, -0.2) is 33.0 Å². The summed E-state index contributed by atoms with van der Waals surface area (Å²) in [6.07, 6.45) is 1.72. The summed E-state index contributed by atoms with van der Waals surface area (Å²) in [4.78, 5) is 0.275. The molecule has 0 bridgehead atoms. The van der Waals surface area contributed by atoms with Gasteiger partial charge in [-0.15, -0.1) is 0 Å². The van der Waals surface area contributed by atoms with Gasteiger partial charge in [0.15, 0.2) is 9.84 Å². The number of ether oxygens (including phenoxy) is 1. The lowest BCUT2D eigenvalue weighted by Gasteiger charge is -2.05. The van der Waals surface area contributed by atoms with Crippen molar-refractivity contribution >= 4 is 9.84 Å². The van der Waals surface area contributed by atoms with Crippen LogP contribution in [0.2, 0.25) is 0 Å². The van der Waals surface area contributed by atoms with Gasteiger partial charge in [-0.1, -0.05) is 0 Å². The minimum atomic E-state index is -3.14. The SMILES string of the molecule is CS(=O)(=O)c1ccc(OCCCO)cc1. The number of hydrogen-bond acceptors (Lipinski definition) is 4. The van der Waals surface area contributed by atoms with Gasteiger partial charge in [-0.2, -0.15) is 0 Å². The lowest BCUT2D eigenvalue weighted by atomic mass is 10.3. The molecule has 84 valence electrons. The van der Waals surface area contributed by atoms with Gasteiger partial charge in [-0.25, -0.2) is 8.42 Å². The summed E-state index contributed by atoms with van der Waals surface area (Å²) in [5.74, 6) is 0.607. The smallest absolute Gasteiger partial charge is 0.175 e. The molecule has 1 rings (SSSR count). The monoisotopic (exact) mass is 230 g/mol. The lowest BCUT2D eigenvalue weighted by Crippen LogP contribution is -2.00. The minimum Gasteiger partial charge on any atom is -0.494 e. The molecule has 0 aromatic heterocycles. The summed E-state index contributed by atoms with van der Waals surface area (Å²) in [6.45, 7) is 0.510. The second-order valence-electron chi connectivity index (χ2n) is 3.17. The predicted molar refractivity (Wildman–Crippen MR) is 56.7 cm³/mol. The zero-order chi connectivity index (χ0) is 11.3. The largest absolute Gasteiger partial charge is 0.494 e. The Balaban J connectivity index is 2.65. The molecule has 0 saturated heterocycles. The van der Waals surface area contributed by atoms with E-state index in [0.29, 0.717) is 18.8 Å². The second kappa shape index (κ2) is 5.14. The molecule has 0 heterocycles. The Morgan fingerprint density at radius 2 is 1.87 bits per heavy atom. The first-order chi connectivity index (χ1) is 7.04. The molecule has 1 aromatic carbocycles. The Kier molecular flexibility index (Phi) is 4.11. The molecule has 0 atom stereocenters. The summed E-state index contributed by atoms with van der Waals surface area (Å²) in [6, 6.07) is 6.22. The van der Waals surface area contributed by atoms with Crippen LogP contribution in [0, 0.1) is 0 Å². The third-order valence-corrected chi connectivity index (χ3v) is 2.95. The van der Waals surface area contributed by atoms with Gasteiger partial charge < -0.3 is 9.84 Å². The van der Waals surface area contributed by atoms with Crippen LogP contribution in [0.15, 0.2) is 29.2 Å². The second-order valence-corrected chi connectivity index (χ2v) is 5.18. The van der Waals surface area contributed by atoms with Gasteiger partial charge in [0.2, 0.25) is 0 Å². The summed E-state index contributed by atoms with van der Waals surface area (Å²) in [7, 11) is -3.14. The third-order valence-electron chi connectivity index (χ3n) is 1.82. The molecular formula is C10H14O4S. The number of rotatable bonds is 5. The van der Waals surface area contributed by atoms with Gasteiger partial charge in [-0.05, 0) is 24.3 Å². The van der Waals surface area contributed by atoms with Crippen LogP contribution in [-0.2, 0) is 9.84 Å². The van der Waals surface area contributed by atoms with Gasteiger partial charge in [-0.3, -0.25) is 0 Å². The maximum atomic E-state index is 11.1. The maximum absolute atomic E-state index is 11.1. The summed E-state index contributed by atoms with van der Waals surface area (Å²) in [5, 5.41) is 8.54. The van der Waals surface area contributed by atoms with Crippen molar-refractivity contribution in [1.29, 1.82) is 0 Å². The fraction of sp³-hybridized carbons (Fsp3) is 0.400. The highest BCUT2D eigenvalue weighted by atomic mass is 32.2. The normalized spacial score (nSPS) is 11.3. The van der Waals surface area contributed by atoms with E-state index >= 15 is 0 Å². The number of aliphatic hydroxyl groups excluding tert-OH is 1. The Morgan fingerprint density at radius 1 is 1.27 bits per heavy atom. The molecule has 0 spiro atoms. The van der Waals surface area contributed by atoms with Crippen LogP contribution in [0.4, 0.5) is 0 Å². The van der Waals surface area contributed by atoms with Gasteiger partial charge in [0.05, 0.1) is 11.5 Å². The number of hydrogen-bond donors (Lipinski definition) is 1. The van der Waals surface area contributed by atoms with Gasteiger partial charge >= 0.3 is 0 Å². The lowest BCUT2D eigenvalue weighted by molar-refractivity contribution is 0.233. The van der Waals surface area contributed by atoms with Gasteiger partial charge in [0.25, 0.3) is 0 Å². The first-order valence-corrected chi connectivity index (χ1v) is 6.47. The van der Waals surface area contributed by atoms with E-state index in [1.807, 2.05) is 0 Å². The molecule has 0 amide bonds. The van der Waals surface area contributed by atoms with Crippen LogP contribution >= 0.6 is 0 Å².